The predicted molar refractivity (Wildman–Crippen MR) is 157 cm³/mol. The molecule has 1 heterocycles. The molecule has 1 fully saturated rings. The molecular formula is C31H37NO4SSi. The maximum Gasteiger partial charge on any atom is 0.282 e. The van der Waals surface area contributed by atoms with E-state index in [4.69, 9.17) is 9.16 Å². The van der Waals surface area contributed by atoms with E-state index in [1.54, 1.807) is 30.3 Å². The van der Waals surface area contributed by atoms with Crippen molar-refractivity contribution in [3.8, 4) is 0 Å². The standard InChI is InChI=1S/C31H37NO4SSi/c1-6-13-30-29(32-37(33,34)26-20-18-24(2)19-21-26)22-25(36-30)23-35-38(31(3,4)5,27-14-9-7-10-15-27)28-16-11-8-12-17-28/h6-12,14-21,25,30H,1,13,22-23H2,2-5H3/b32-29-/t25-,30+/m1/s1. The topological polar surface area (TPSA) is 65.0 Å². The first kappa shape index (κ1) is 28.2. The second kappa shape index (κ2) is 11.5. The fourth-order valence-corrected chi connectivity index (χ4v) is 10.8. The van der Waals surface area contributed by atoms with Crippen LogP contribution < -0.4 is 10.4 Å². The Kier molecular flexibility index (Phi) is 8.52. The number of rotatable bonds is 9. The molecule has 0 saturated carbocycles. The van der Waals surface area contributed by atoms with Crippen LogP contribution in [0.3, 0.4) is 0 Å². The molecule has 0 spiro atoms. The van der Waals surface area contributed by atoms with E-state index in [0.29, 0.717) is 25.2 Å². The molecule has 38 heavy (non-hydrogen) atoms. The van der Waals surface area contributed by atoms with E-state index in [1.807, 2.05) is 19.1 Å². The first-order valence-corrected chi connectivity index (χ1v) is 16.3. The number of nitrogens with zero attached hydrogens (tertiary/aromatic N) is 1. The zero-order chi connectivity index (χ0) is 27.4. The third-order valence-electron chi connectivity index (χ3n) is 7.00. The Morgan fingerprint density at radius 1 is 0.974 bits per heavy atom. The molecule has 2 atom stereocenters. The molecule has 0 aromatic heterocycles. The Morgan fingerprint density at radius 3 is 2.03 bits per heavy atom. The van der Waals surface area contributed by atoms with E-state index in [1.165, 1.54) is 10.4 Å². The molecule has 1 aliphatic heterocycles. The first-order valence-electron chi connectivity index (χ1n) is 13.0. The molecule has 5 nitrogen and oxygen atoms in total. The van der Waals surface area contributed by atoms with E-state index in [0.717, 1.165) is 5.56 Å². The van der Waals surface area contributed by atoms with Crippen molar-refractivity contribution >= 4 is 34.4 Å². The van der Waals surface area contributed by atoms with Crippen molar-refractivity contribution in [3.05, 3.63) is 103 Å². The van der Waals surface area contributed by atoms with Crippen LogP contribution in [-0.2, 0) is 19.2 Å². The van der Waals surface area contributed by atoms with Crippen molar-refractivity contribution in [2.75, 3.05) is 6.61 Å². The molecule has 4 rings (SSSR count). The third kappa shape index (κ3) is 5.91. The van der Waals surface area contributed by atoms with Crippen LogP contribution in [0.2, 0.25) is 5.04 Å². The minimum atomic E-state index is -3.85. The molecule has 0 radical (unpaired) electrons. The lowest BCUT2D eigenvalue weighted by atomic mass is 10.1. The first-order chi connectivity index (χ1) is 18.1. The molecular weight excluding hydrogens is 510 g/mol. The van der Waals surface area contributed by atoms with Gasteiger partial charge in [0, 0.05) is 6.42 Å². The molecule has 0 unspecified atom stereocenters. The van der Waals surface area contributed by atoms with Gasteiger partial charge in [-0.1, -0.05) is 105 Å². The lowest BCUT2D eigenvalue weighted by Crippen LogP contribution is -2.67. The zero-order valence-corrected chi connectivity index (χ0v) is 24.4. The fourth-order valence-electron chi connectivity index (χ4n) is 5.16. The van der Waals surface area contributed by atoms with Gasteiger partial charge in [-0.3, -0.25) is 0 Å². The highest BCUT2D eigenvalue weighted by Gasteiger charge is 2.50. The Morgan fingerprint density at radius 2 is 1.53 bits per heavy atom. The maximum atomic E-state index is 13.1. The average molecular weight is 548 g/mol. The zero-order valence-electron chi connectivity index (χ0n) is 22.6. The van der Waals surface area contributed by atoms with E-state index < -0.39 is 24.4 Å². The van der Waals surface area contributed by atoms with Gasteiger partial charge in [-0.05, 0) is 40.9 Å². The minimum Gasteiger partial charge on any atom is -0.405 e. The van der Waals surface area contributed by atoms with Gasteiger partial charge in [0.1, 0.15) is 6.10 Å². The van der Waals surface area contributed by atoms with Gasteiger partial charge in [0.25, 0.3) is 18.3 Å². The number of benzene rings is 3. The van der Waals surface area contributed by atoms with E-state index in [9.17, 15) is 8.42 Å². The lowest BCUT2D eigenvalue weighted by Gasteiger charge is -2.43. The van der Waals surface area contributed by atoms with Crippen molar-refractivity contribution in [1.82, 2.24) is 0 Å². The Labute approximate surface area is 228 Å². The smallest absolute Gasteiger partial charge is 0.282 e. The van der Waals surface area contributed by atoms with Gasteiger partial charge in [0.05, 0.1) is 23.3 Å². The van der Waals surface area contributed by atoms with E-state index in [2.05, 4.69) is 80.3 Å². The number of ether oxygens (including phenoxy) is 1. The molecule has 0 amide bonds. The van der Waals surface area contributed by atoms with Gasteiger partial charge in [0.2, 0.25) is 0 Å². The number of hydrogen-bond donors (Lipinski definition) is 0. The summed E-state index contributed by atoms with van der Waals surface area (Å²) >= 11 is 0. The average Bonchev–Trinajstić information content (AvgIpc) is 3.25. The molecule has 3 aromatic carbocycles. The van der Waals surface area contributed by atoms with Gasteiger partial charge < -0.3 is 9.16 Å². The maximum absolute atomic E-state index is 13.1. The van der Waals surface area contributed by atoms with Crippen LogP contribution in [0.4, 0.5) is 0 Å². The Bertz CT molecular complexity index is 1330. The van der Waals surface area contributed by atoms with Crippen LogP contribution >= 0.6 is 0 Å². The number of sulfonamides is 1. The van der Waals surface area contributed by atoms with Gasteiger partial charge in [-0.15, -0.1) is 6.58 Å². The predicted octanol–water partition coefficient (Wildman–Crippen LogP) is 5.43. The van der Waals surface area contributed by atoms with Crippen molar-refractivity contribution in [3.63, 3.8) is 0 Å². The molecule has 1 aliphatic rings. The second-order valence-electron chi connectivity index (χ2n) is 10.8. The summed E-state index contributed by atoms with van der Waals surface area (Å²) in [6.45, 7) is 12.8. The summed E-state index contributed by atoms with van der Waals surface area (Å²) in [7, 11) is -6.59. The molecule has 7 heteroatoms. The van der Waals surface area contributed by atoms with E-state index >= 15 is 0 Å². The van der Waals surface area contributed by atoms with Crippen LogP contribution in [0.5, 0.6) is 0 Å². The summed E-state index contributed by atoms with van der Waals surface area (Å²) in [6.07, 6.45) is 1.86. The molecule has 0 aliphatic carbocycles. The van der Waals surface area contributed by atoms with Crippen molar-refractivity contribution in [2.24, 2.45) is 4.40 Å². The third-order valence-corrected chi connectivity index (χ3v) is 13.4. The van der Waals surface area contributed by atoms with Gasteiger partial charge in [-0.2, -0.15) is 12.8 Å². The summed E-state index contributed by atoms with van der Waals surface area (Å²) in [4.78, 5) is 0.181. The molecule has 1 saturated heterocycles. The highest BCUT2D eigenvalue weighted by atomic mass is 32.2. The summed E-state index contributed by atoms with van der Waals surface area (Å²) in [5.74, 6) is 0. The number of aryl methyl sites for hydroxylation is 1. The van der Waals surface area contributed by atoms with Crippen LogP contribution in [0, 0.1) is 6.92 Å². The minimum absolute atomic E-state index is 0.166. The second-order valence-corrected chi connectivity index (χ2v) is 16.7. The normalized spacial score (nSPS) is 19.5. The molecule has 0 bridgehead atoms. The van der Waals surface area contributed by atoms with Gasteiger partial charge in [0.15, 0.2) is 0 Å². The monoisotopic (exact) mass is 547 g/mol. The Balaban J connectivity index is 1.65. The highest BCUT2D eigenvalue weighted by Crippen LogP contribution is 2.37. The van der Waals surface area contributed by atoms with Crippen molar-refractivity contribution in [1.29, 1.82) is 0 Å². The van der Waals surface area contributed by atoms with E-state index in [-0.39, 0.29) is 16.0 Å². The van der Waals surface area contributed by atoms with Crippen LogP contribution in [-0.4, -0.2) is 41.3 Å². The van der Waals surface area contributed by atoms with Crippen molar-refractivity contribution in [2.45, 2.75) is 62.7 Å². The van der Waals surface area contributed by atoms with Gasteiger partial charge in [-0.25, -0.2) is 0 Å². The quantitative estimate of drug-likeness (QED) is 0.265. The fraction of sp³-hybridized carbons (Fsp3) is 0.323. The van der Waals surface area contributed by atoms with Crippen LogP contribution in [0.15, 0.2) is 107 Å². The summed E-state index contributed by atoms with van der Waals surface area (Å²) in [5.41, 5.74) is 1.51. The highest BCUT2D eigenvalue weighted by molar-refractivity contribution is 7.90. The van der Waals surface area contributed by atoms with Crippen LogP contribution in [0.25, 0.3) is 0 Å². The summed E-state index contributed by atoms with van der Waals surface area (Å²) in [6, 6.07) is 27.6. The summed E-state index contributed by atoms with van der Waals surface area (Å²) in [5, 5.41) is 2.21. The summed E-state index contributed by atoms with van der Waals surface area (Å²) < 4.78 is 43.8. The van der Waals surface area contributed by atoms with Crippen molar-refractivity contribution < 1.29 is 17.6 Å². The molecule has 3 aromatic rings. The Hall–Kier alpha value is -2.84. The lowest BCUT2D eigenvalue weighted by molar-refractivity contribution is 0.0251. The van der Waals surface area contributed by atoms with Gasteiger partial charge >= 0.3 is 0 Å². The SMILES string of the molecule is C=CC[C@@H]1O[C@@H](CO[Si](c2ccccc2)(c2ccccc2)C(C)(C)C)C/C1=N/S(=O)(=O)c1ccc(C)cc1. The molecule has 200 valence electrons. The number of hydrogen-bond acceptors (Lipinski definition) is 4. The van der Waals surface area contributed by atoms with Crippen LogP contribution in [0.1, 0.15) is 39.2 Å². The largest absolute Gasteiger partial charge is 0.405 e. The molecule has 0 N–H and O–H groups in total.